The monoisotopic (exact) mass is 439 g/mol. The molecule has 9 heteroatoms. The highest BCUT2D eigenvalue weighted by molar-refractivity contribution is 7.98. The highest BCUT2D eigenvalue weighted by Gasteiger charge is 2.16. The van der Waals surface area contributed by atoms with Crippen LogP contribution in [0.15, 0.2) is 46.9 Å². The number of thioether (sulfide) groups is 1. The molecule has 0 aliphatic rings. The highest BCUT2D eigenvalue weighted by Crippen LogP contribution is 2.39. The zero-order valence-electron chi connectivity index (χ0n) is 17.1. The van der Waals surface area contributed by atoms with Crippen LogP contribution in [0.1, 0.15) is 16.8 Å². The largest absolute Gasteiger partial charge is 0.493 e. The lowest BCUT2D eigenvalue weighted by atomic mass is 10.1. The van der Waals surface area contributed by atoms with E-state index in [0.717, 1.165) is 32.7 Å². The molecular weight excluding hydrogens is 418 g/mol. The van der Waals surface area contributed by atoms with Crippen molar-refractivity contribution in [3.05, 3.63) is 58.6 Å². The molecule has 7 nitrogen and oxygen atoms in total. The van der Waals surface area contributed by atoms with E-state index >= 15 is 0 Å². The smallest absolute Gasteiger partial charge is 0.214 e. The average Bonchev–Trinajstić information content (AvgIpc) is 3.41. The Morgan fingerprint density at radius 3 is 2.73 bits per heavy atom. The summed E-state index contributed by atoms with van der Waals surface area (Å²) in [5, 5.41) is 15.9. The molecule has 2 heterocycles. The number of hydrogen-bond donors (Lipinski definition) is 0. The van der Waals surface area contributed by atoms with Gasteiger partial charge < -0.3 is 9.47 Å². The Morgan fingerprint density at radius 1 is 1.10 bits per heavy atom. The molecule has 0 aliphatic carbocycles. The summed E-state index contributed by atoms with van der Waals surface area (Å²) < 4.78 is 12.7. The third-order valence-corrected chi connectivity index (χ3v) is 6.43. The van der Waals surface area contributed by atoms with E-state index in [4.69, 9.17) is 14.5 Å². The van der Waals surface area contributed by atoms with Gasteiger partial charge in [-0.3, -0.25) is 0 Å². The van der Waals surface area contributed by atoms with Crippen LogP contribution in [0, 0.1) is 13.8 Å². The van der Waals surface area contributed by atoms with Crippen molar-refractivity contribution in [1.29, 1.82) is 0 Å². The van der Waals surface area contributed by atoms with E-state index in [1.165, 1.54) is 5.56 Å². The summed E-state index contributed by atoms with van der Waals surface area (Å²) in [7, 11) is 3.27. The van der Waals surface area contributed by atoms with Gasteiger partial charge in [0, 0.05) is 11.1 Å². The number of methoxy groups -OCH3 is 2. The summed E-state index contributed by atoms with van der Waals surface area (Å²) in [6, 6.07) is 12.0. The fourth-order valence-electron chi connectivity index (χ4n) is 3.15. The van der Waals surface area contributed by atoms with Crippen LogP contribution in [0.4, 0.5) is 0 Å². The molecule has 0 bridgehead atoms. The Balaban J connectivity index is 1.54. The third-order valence-electron chi connectivity index (χ3n) is 4.56. The molecule has 0 amide bonds. The second-order valence-corrected chi connectivity index (χ2v) is 8.44. The zero-order chi connectivity index (χ0) is 21.1. The zero-order valence-corrected chi connectivity index (χ0v) is 18.8. The van der Waals surface area contributed by atoms with Crippen LogP contribution in [0.2, 0.25) is 0 Å². The minimum absolute atomic E-state index is 0.661. The SMILES string of the molecule is COc1cccc(-c2nc(CSc3nnnn3-c3ccc(C)cc3C)cs2)c1OC. The van der Waals surface area contributed by atoms with Gasteiger partial charge >= 0.3 is 0 Å². The Morgan fingerprint density at radius 2 is 1.97 bits per heavy atom. The number of thiazole rings is 1. The van der Waals surface area contributed by atoms with Crippen molar-refractivity contribution in [3.8, 4) is 27.8 Å². The summed E-state index contributed by atoms with van der Waals surface area (Å²) in [6.07, 6.45) is 0. The van der Waals surface area contributed by atoms with Gasteiger partial charge in [-0.15, -0.1) is 16.4 Å². The lowest BCUT2D eigenvalue weighted by Gasteiger charge is -2.10. The molecule has 0 fully saturated rings. The highest BCUT2D eigenvalue weighted by atomic mass is 32.2. The van der Waals surface area contributed by atoms with E-state index in [-0.39, 0.29) is 0 Å². The van der Waals surface area contributed by atoms with E-state index in [1.807, 2.05) is 29.6 Å². The summed E-state index contributed by atoms with van der Waals surface area (Å²) in [5.41, 5.74) is 5.19. The Bertz CT molecular complexity index is 1170. The van der Waals surface area contributed by atoms with Gasteiger partial charge in [0.2, 0.25) is 5.16 Å². The van der Waals surface area contributed by atoms with Gasteiger partial charge in [-0.05, 0) is 48.0 Å². The van der Waals surface area contributed by atoms with Crippen LogP contribution in [-0.2, 0) is 5.75 Å². The molecule has 0 aliphatic heterocycles. The number of hydrogen-bond acceptors (Lipinski definition) is 8. The minimum atomic E-state index is 0.661. The van der Waals surface area contributed by atoms with Crippen molar-refractivity contribution in [2.45, 2.75) is 24.8 Å². The van der Waals surface area contributed by atoms with Crippen LogP contribution in [-0.4, -0.2) is 39.4 Å². The molecule has 4 aromatic rings. The number of benzene rings is 2. The van der Waals surface area contributed by atoms with Gasteiger partial charge in [-0.25, -0.2) is 4.98 Å². The molecule has 0 atom stereocenters. The number of nitrogens with zero attached hydrogens (tertiary/aromatic N) is 5. The molecule has 2 aromatic heterocycles. The van der Waals surface area contributed by atoms with Crippen molar-refractivity contribution in [2.75, 3.05) is 14.2 Å². The summed E-state index contributed by atoms with van der Waals surface area (Å²) >= 11 is 3.13. The lowest BCUT2D eigenvalue weighted by molar-refractivity contribution is 0.356. The van der Waals surface area contributed by atoms with Gasteiger partial charge in [-0.2, -0.15) is 4.68 Å². The maximum absolute atomic E-state index is 5.54. The number of rotatable bonds is 7. The molecule has 0 saturated carbocycles. The quantitative estimate of drug-likeness (QED) is 0.386. The fraction of sp³-hybridized carbons (Fsp3) is 0.238. The number of para-hydroxylation sites is 1. The summed E-state index contributed by atoms with van der Waals surface area (Å²) in [4.78, 5) is 4.78. The van der Waals surface area contributed by atoms with E-state index in [1.54, 1.807) is 42.0 Å². The van der Waals surface area contributed by atoms with Gasteiger partial charge in [0.25, 0.3) is 0 Å². The van der Waals surface area contributed by atoms with Crippen molar-refractivity contribution in [2.24, 2.45) is 0 Å². The number of aromatic nitrogens is 5. The second-order valence-electron chi connectivity index (χ2n) is 6.64. The first-order chi connectivity index (χ1) is 14.6. The Kier molecular flexibility index (Phi) is 6.01. The first-order valence-corrected chi connectivity index (χ1v) is 11.1. The Labute approximate surface area is 183 Å². The number of ether oxygens (including phenoxy) is 2. The van der Waals surface area contributed by atoms with E-state index in [9.17, 15) is 0 Å². The van der Waals surface area contributed by atoms with E-state index in [0.29, 0.717) is 17.3 Å². The van der Waals surface area contributed by atoms with Crippen LogP contribution in [0.3, 0.4) is 0 Å². The van der Waals surface area contributed by atoms with E-state index in [2.05, 4.69) is 41.5 Å². The van der Waals surface area contributed by atoms with Gasteiger partial charge in [0.15, 0.2) is 11.5 Å². The van der Waals surface area contributed by atoms with Crippen LogP contribution < -0.4 is 9.47 Å². The fourth-order valence-corrected chi connectivity index (χ4v) is 4.88. The number of aryl methyl sites for hydroxylation is 2. The van der Waals surface area contributed by atoms with Crippen molar-refractivity contribution in [1.82, 2.24) is 25.2 Å². The second kappa shape index (κ2) is 8.85. The predicted octanol–water partition coefficient (Wildman–Crippen LogP) is 4.71. The topological polar surface area (TPSA) is 75.0 Å². The maximum Gasteiger partial charge on any atom is 0.214 e. The molecular formula is C21H21N5O2S2. The molecule has 154 valence electrons. The predicted molar refractivity (Wildman–Crippen MR) is 119 cm³/mol. The summed E-state index contributed by atoms with van der Waals surface area (Å²) in [5.74, 6) is 2.04. The minimum Gasteiger partial charge on any atom is -0.493 e. The van der Waals surface area contributed by atoms with Crippen LogP contribution >= 0.6 is 23.1 Å². The molecule has 0 N–H and O–H groups in total. The first-order valence-electron chi connectivity index (χ1n) is 9.25. The Hall–Kier alpha value is -2.91. The average molecular weight is 440 g/mol. The molecule has 2 aromatic carbocycles. The molecule has 30 heavy (non-hydrogen) atoms. The standard InChI is InChI=1S/C21H21N5O2S2/c1-13-8-9-17(14(2)10-13)26-21(23-24-25-26)30-12-15-11-29-20(22-15)16-6-5-7-18(27-3)19(16)28-4/h5-11H,12H2,1-4H3. The molecule has 0 spiro atoms. The van der Waals surface area contributed by atoms with Gasteiger partial charge in [0.05, 0.1) is 31.2 Å². The van der Waals surface area contributed by atoms with Crippen molar-refractivity contribution in [3.63, 3.8) is 0 Å². The lowest BCUT2D eigenvalue weighted by Crippen LogP contribution is -2.02. The van der Waals surface area contributed by atoms with Crippen molar-refractivity contribution >= 4 is 23.1 Å². The number of tetrazole rings is 1. The molecule has 0 saturated heterocycles. The van der Waals surface area contributed by atoms with E-state index < -0.39 is 0 Å². The molecule has 0 radical (unpaired) electrons. The van der Waals surface area contributed by atoms with Crippen LogP contribution in [0.5, 0.6) is 11.5 Å². The van der Waals surface area contributed by atoms with Gasteiger partial charge in [0.1, 0.15) is 5.01 Å². The normalized spacial score (nSPS) is 10.9. The molecule has 4 rings (SSSR count). The molecule has 0 unspecified atom stereocenters. The van der Waals surface area contributed by atoms with Gasteiger partial charge in [-0.1, -0.05) is 35.5 Å². The van der Waals surface area contributed by atoms with Crippen molar-refractivity contribution < 1.29 is 9.47 Å². The third kappa shape index (κ3) is 4.03. The summed E-state index contributed by atoms with van der Waals surface area (Å²) in [6.45, 7) is 4.13. The first kappa shape index (κ1) is 20.4. The van der Waals surface area contributed by atoms with Crippen LogP contribution in [0.25, 0.3) is 16.3 Å². The maximum atomic E-state index is 5.54.